The van der Waals surface area contributed by atoms with Crippen LogP contribution in [0.3, 0.4) is 0 Å². The Morgan fingerprint density at radius 3 is 2.83 bits per heavy atom. The van der Waals surface area contributed by atoms with E-state index in [1.807, 2.05) is 12.1 Å². The minimum Gasteiger partial charge on any atom is -0.399 e. The monoisotopic (exact) mass is 257 g/mol. The van der Waals surface area contributed by atoms with Crippen molar-refractivity contribution in [3.05, 3.63) is 46.0 Å². The highest BCUT2D eigenvalue weighted by atomic mass is 32.1. The molecule has 0 atom stereocenters. The van der Waals surface area contributed by atoms with E-state index in [1.54, 1.807) is 11.3 Å². The van der Waals surface area contributed by atoms with Crippen LogP contribution in [-0.4, -0.2) is 9.55 Å². The number of aromatic nitrogens is 2. The SMILES string of the molecule is Cc1nc(Cn2ccc3ccc(N)cc32)sc1C. The van der Waals surface area contributed by atoms with Crippen LogP contribution >= 0.6 is 11.3 Å². The van der Waals surface area contributed by atoms with Crippen LogP contribution in [0.2, 0.25) is 0 Å². The van der Waals surface area contributed by atoms with Crippen molar-refractivity contribution in [3.8, 4) is 0 Å². The number of hydrogen-bond donors (Lipinski definition) is 1. The maximum Gasteiger partial charge on any atom is 0.113 e. The molecule has 1 aromatic carbocycles. The zero-order valence-electron chi connectivity index (χ0n) is 10.5. The molecule has 2 N–H and O–H groups in total. The first kappa shape index (κ1) is 11.3. The average Bonchev–Trinajstić information content (AvgIpc) is 2.85. The zero-order chi connectivity index (χ0) is 12.7. The number of nitrogens with zero attached hydrogens (tertiary/aromatic N) is 2. The van der Waals surface area contributed by atoms with Gasteiger partial charge in [-0.2, -0.15) is 0 Å². The van der Waals surface area contributed by atoms with Crippen molar-refractivity contribution in [1.82, 2.24) is 9.55 Å². The number of thiazole rings is 1. The maximum atomic E-state index is 5.85. The van der Waals surface area contributed by atoms with Crippen molar-refractivity contribution >= 4 is 27.9 Å². The summed E-state index contributed by atoms with van der Waals surface area (Å²) < 4.78 is 2.20. The molecular weight excluding hydrogens is 242 g/mol. The first-order valence-corrected chi connectivity index (χ1v) is 6.72. The summed E-state index contributed by atoms with van der Waals surface area (Å²) in [5, 5.41) is 2.36. The molecule has 3 rings (SSSR count). The average molecular weight is 257 g/mol. The molecule has 0 aliphatic heterocycles. The van der Waals surface area contributed by atoms with Gasteiger partial charge < -0.3 is 10.3 Å². The van der Waals surface area contributed by atoms with E-state index >= 15 is 0 Å². The van der Waals surface area contributed by atoms with E-state index in [4.69, 9.17) is 5.73 Å². The molecule has 0 saturated heterocycles. The van der Waals surface area contributed by atoms with E-state index in [2.05, 4.69) is 41.7 Å². The summed E-state index contributed by atoms with van der Waals surface area (Å²) in [5.74, 6) is 0. The minimum atomic E-state index is 0.800. The lowest BCUT2D eigenvalue weighted by molar-refractivity contribution is 0.824. The van der Waals surface area contributed by atoms with Gasteiger partial charge in [-0.3, -0.25) is 0 Å². The van der Waals surface area contributed by atoms with Gasteiger partial charge in [-0.05, 0) is 37.4 Å². The van der Waals surface area contributed by atoms with Crippen LogP contribution in [0.5, 0.6) is 0 Å². The predicted molar refractivity (Wildman–Crippen MR) is 77.0 cm³/mol. The van der Waals surface area contributed by atoms with Gasteiger partial charge in [-0.25, -0.2) is 4.98 Å². The molecule has 18 heavy (non-hydrogen) atoms. The molecule has 2 aromatic heterocycles. The molecule has 2 heterocycles. The molecule has 0 amide bonds. The number of hydrogen-bond acceptors (Lipinski definition) is 3. The number of nitrogen functional groups attached to an aromatic ring is 1. The Balaban J connectivity index is 2.02. The number of anilines is 1. The summed E-state index contributed by atoms with van der Waals surface area (Å²) in [5.41, 5.74) is 8.94. The molecule has 0 saturated carbocycles. The fourth-order valence-electron chi connectivity index (χ4n) is 2.09. The van der Waals surface area contributed by atoms with Crippen molar-refractivity contribution < 1.29 is 0 Å². The van der Waals surface area contributed by atoms with Gasteiger partial charge in [0.25, 0.3) is 0 Å². The Morgan fingerprint density at radius 2 is 2.11 bits per heavy atom. The van der Waals surface area contributed by atoms with Gasteiger partial charge in [0.1, 0.15) is 5.01 Å². The Hall–Kier alpha value is -1.81. The van der Waals surface area contributed by atoms with Crippen LogP contribution in [-0.2, 0) is 6.54 Å². The van der Waals surface area contributed by atoms with Gasteiger partial charge in [0.15, 0.2) is 0 Å². The fourth-order valence-corrected chi connectivity index (χ4v) is 3.02. The molecule has 92 valence electrons. The first-order chi connectivity index (χ1) is 8.63. The van der Waals surface area contributed by atoms with Crippen LogP contribution in [0, 0.1) is 13.8 Å². The molecule has 4 heteroatoms. The quantitative estimate of drug-likeness (QED) is 0.715. The highest BCUT2D eigenvalue weighted by Gasteiger charge is 2.06. The highest BCUT2D eigenvalue weighted by molar-refractivity contribution is 7.11. The van der Waals surface area contributed by atoms with Crippen LogP contribution < -0.4 is 5.73 Å². The Morgan fingerprint density at radius 1 is 1.28 bits per heavy atom. The van der Waals surface area contributed by atoms with Crippen molar-refractivity contribution in [2.45, 2.75) is 20.4 Å². The second-order valence-electron chi connectivity index (χ2n) is 4.51. The third-order valence-electron chi connectivity index (χ3n) is 3.18. The largest absolute Gasteiger partial charge is 0.399 e. The summed E-state index contributed by atoms with van der Waals surface area (Å²) >= 11 is 1.76. The Kier molecular flexibility index (Phi) is 2.59. The lowest BCUT2D eigenvalue weighted by Gasteiger charge is -2.03. The van der Waals surface area contributed by atoms with E-state index in [0.717, 1.165) is 22.9 Å². The lowest BCUT2D eigenvalue weighted by Crippen LogP contribution is -1.97. The summed E-state index contributed by atoms with van der Waals surface area (Å²) in [6.07, 6.45) is 2.09. The standard InChI is InChI=1S/C14H15N3S/c1-9-10(2)18-14(16-9)8-17-6-5-11-3-4-12(15)7-13(11)17/h3-7H,8,15H2,1-2H3. The number of rotatable bonds is 2. The molecule has 3 aromatic rings. The van der Waals surface area contributed by atoms with Crippen LogP contribution in [0.1, 0.15) is 15.6 Å². The van der Waals surface area contributed by atoms with Gasteiger partial charge in [0, 0.05) is 16.8 Å². The molecule has 0 fully saturated rings. The third kappa shape index (κ3) is 1.88. The predicted octanol–water partition coefficient (Wildman–Crippen LogP) is 3.35. The molecule has 0 aliphatic carbocycles. The van der Waals surface area contributed by atoms with Crippen LogP contribution in [0.15, 0.2) is 30.5 Å². The van der Waals surface area contributed by atoms with E-state index in [0.29, 0.717) is 0 Å². The second kappa shape index (κ2) is 4.14. The van der Waals surface area contributed by atoms with Gasteiger partial charge in [0.05, 0.1) is 17.8 Å². The number of nitrogens with two attached hydrogens (primary N) is 1. The number of benzene rings is 1. The van der Waals surface area contributed by atoms with Crippen LogP contribution in [0.25, 0.3) is 10.9 Å². The maximum absolute atomic E-state index is 5.85. The van der Waals surface area contributed by atoms with E-state index in [9.17, 15) is 0 Å². The zero-order valence-corrected chi connectivity index (χ0v) is 11.3. The smallest absolute Gasteiger partial charge is 0.113 e. The molecule has 0 spiro atoms. The summed E-state index contributed by atoms with van der Waals surface area (Å²) in [6.45, 7) is 4.98. The van der Waals surface area contributed by atoms with E-state index < -0.39 is 0 Å². The van der Waals surface area contributed by atoms with E-state index in [-0.39, 0.29) is 0 Å². The topological polar surface area (TPSA) is 43.8 Å². The van der Waals surface area contributed by atoms with Crippen molar-refractivity contribution in [3.63, 3.8) is 0 Å². The lowest BCUT2D eigenvalue weighted by atomic mass is 10.2. The third-order valence-corrected chi connectivity index (χ3v) is 4.23. The van der Waals surface area contributed by atoms with Crippen LogP contribution in [0.4, 0.5) is 5.69 Å². The molecule has 0 radical (unpaired) electrons. The number of aryl methyl sites for hydroxylation is 2. The Bertz CT molecular complexity index is 689. The normalized spacial score (nSPS) is 11.2. The van der Waals surface area contributed by atoms with Crippen molar-refractivity contribution in [2.24, 2.45) is 0 Å². The fraction of sp³-hybridized carbons (Fsp3) is 0.214. The summed E-state index contributed by atoms with van der Waals surface area (Å²) in [6, 6.07) is 8.12. The van der Waals surface area contributed by atoms with Gasteiger partial charge >= 0.3 is 0 Å². The molecule has 0 unspecified atom stereocenters. The highest BCUT2D eigenvalue weighted by Crippen LogP contribution is 2.22. The number of fused-ring (bicyclic) bond motifs is 1. The summed E-state index contributed by atoms with van der Waals surface area (Å²) in [4.78, 5) is 5.87. The summed E-state index contributed by atoms with van der Waals surface area (Å²) in [7, 11) is 0. The molecule has 0 bridgehead atoms. The molecule has 3 nitrogen and oxygen atoms in total. The first-order valence-electron chi connectivity index (χ1n) is 5.91. The second-order valence-corrected chi connectivity index (χ2v) is 5.80. The van der Waals surface area contributed by atoms with Crippen molar-refractivity contribution in [2.75, 3.05) is 5.73 Å². The minimum absolute atomic E-state index is 0.800. The van der Waals surface area contributed by atoms with Gasteiger partial charge in [-0.15, -0.1) is 11.3 Å². The van der Waals surface area contributed by atoms with Gasteiger partial charge in [-0.1, -0.05) is 6.07 Å². The molecule has 0 aliphatic rings. The van der Waals surface area contributed by atoms with Gasteiger partial charge in [0.2, 0.25) is 0 Å². The van der Waals surface area contributed by atoms with E-state index in [1.165, 1.54) is 15.8 Å². The molecular formula is C14H15N3S. The Labute approximate surface area is 110 Å². The van der Waals surface area contributed by atoms with Crippen molar-refractivity contribution in [1.29, 1.82) is 0 Å².